The third-order valence-electron chi connectivity index (χ3n) is 5.06. The lowest BCUT2D eigenvalue weighted by atomic mass is 10.1. The van der Waals surface area contributed by atoms with E-state index >= 15 is 0 Å². The molecule has 0 radical (unpaired) electrons. The summed E-state index contributed by atoms with van der Waals surface area (Å²) in [5.74, 6) is 1.58. The average molecular weight is 422 g/mol. The fraction of sp³-hybridized carbons (Fsp3) is 0.286. The third-order valence-corrected chi connectivity index (χ3v) is 5.06. The molecule has 31 heavy (non-hydrogen) atoms. The number of nitrogens with zero attached hydrogens (tertiary/aromatic N) is 5. The van der Waals surface area contributed by atoms with E-state index < -0.39 is 4.92 Å². The van der Waals surface area contributed by atoms with E-state index in [0.29, 0.717) is 54.8 Å². The predicted molar refractivity (Wildman–Crippen MR) is 115 cm³/mol. The lowest BCUT2D eigenvalue weighted by Crippen LogP contribution is -2.49. The largest absolute Gasteiger partial charge is 0.360 e. The second-order valence-corrected chi connectivity index (χ2v) is 7.29. The number of amides is 1. The van der Waals surface area contributed by atoms with Crippen LogP contribution in [0.5, 0.6) is 0 Å². The van der Waals surface area contributed by atoms with Gasteiger partial charge in [0.15, 0.2) is 11.5 Å². The lowest BCUT2D eigenvalue weighted by molar-refractivity contribution is -0.384. The molecule has 1 saturated heterocycles. The summed E-state index contributed by atoms with van der Waals surface area (Å²) in [5, 5.41) is 17.9. The van der Waals surface area contributed by atoms with Crippen LogP contribution in [0.2, 0.25) is 0 Å². The van der Waals surface area contributed by atoms with E-state index in [1.54, 1.807) is 19.1 Å². The van der Waals surface area contributed by atoms with E-state index in [4.69, 9.17) is 4.52 Å². The van der Waals surface area contributed by atoms with Gasteiger partial charge in [-0.3, -0.25) is 19.8 Å². The van der Waals surface area contributed by atoms with Gasteiger partial charge < -0.3 is 14.7 Å². The molecule has 10 nitrogen and oxygen atoms in total. The van der Waals surface area contributed by atoms with Gasteiger partial charge in [-0.1, -0.05) is 35.5 Å². The maximum absolute atomic E-state index is 12.2. The van der Waals surface area contributed by atoms with Crippen molar-refractivity contribution in [2.45, 2.75) is 6.92 Å². The summed E-state index contributed by atoms with van der Waals surface area (Å²) in [4.78, 5) is 32.0. The number of anilines is 2. The summed E-state index contributed by atoms with van der Waals surface area (Å²) in [6.07, 6.45) is 0. The van der Waals surface area contributed by atoms with Gasteiger partial charge in [-0.05, 0) is 13.0 Å². The van der Waals surface area contributed by atoms with Crippen LogP contribution in [0.4, 0.5) is 17.3 Å². The Morgan fingerprint density at radius 2 is 1.90 bits per heavy atom. The molecule has 2 aromatic heterocycles. The zero-order chi connectivity index (χ0) is 21.8. The van der Waals surface area contributed by atoms with Crippen LogP contribution in [0.1, 0.15) is 5.76 Å². The number of aryl methyl sites for hydroxylation is 1. The topological polar surface area (TPSA) is 118 Å². The Hall–Kier alpha value is -3.79. The Balaban J connectivity index is 1.40. The number of aromatic nitrogens is 2. The molecule has 1 N–H and O–H groups in total. The standard InChI is InChI=1S/C21H22N6O4/c1-15-13-18(24-31-15)22-20(28)14-25-9-11-26(12-10-25)19-8-7-17(27(29)30)21(23-19)16-5-3-2-4-6-16/h2-8,13H,9-12,14H2,1H3,(H,22,24,28). The quantitative estimate of drug-likeness (QED) is 0.476. The summed E-state index contributed by atoms with van der Waals surface area (Å²) in [7, 11) is 0. The second-order valence-electron chi connectivity index (χ2n) is 7.29. The van der Waals surface area contributed by atoms with Crippen molar-refractivity contribution in [3.63, 3.8) is 0 Å². The maximum Gasteiger partial charge on any atom is 0.295 e. The molecule has 1 amide bonds. The second kappa shape index (κ2) is 8.92. The van der Waals surface area contributed by atoms with Crippen LogP contribution in [0.15, 0.2) is 53.1 Å². The smallest absolute Gasteiger partial charge is 0.295 e. The van der Waals surface area contributed by atoms with Crippen LogP contribution in [-0.4, -0.2) is 58.6 Å². The highest BCUT2D eigenvalue weighted by Crippen LogP contribution is 2.30. The molecule has 1 aromatic carbocycles. The van der Waals surface area contributed by atoms with Gasteiger partial charge in [0.05, 0.1) is 11.5 Å². The van der Waals surface area contributed by atoms with Gasteiger partial charge in [-0.25, -0.2) is 4.98 Å². The first-order chi connectivity index (χ1) is 15.0. The van der Waals surface area contributed by atoms with Crippen LogP contribution in [0.3, 0.4) is 0 Å². The molecule has 0 atom stereocenters. The molecular formula is C21H22N6O4. The number of piperazine rings is 1. The van der Waals surface area contributed by atoms with E-state index in [1.165, 1.54) is 6.07 Å². The SMILES string of the molecule is Cc1cc(NC(=O)CN2CCN(c3ccc([N+](=O)[O-])c(-c4ccccc4)n3)CC2)no1. The molecule has 3 heterocycles. The van der Waals surface area contributed by atoms with Gasteiger partial charge in [0.2, 0.25) is 5.91 Å². The van der Waals surface area contributed by atoms with Crippen molar-refractivity contribution in [1.29, 1.82) is 0 Å². The zero-order valence-corrected chi connectivity index (χ0v) is 17.0. The first-order valence-corrected chi connectivity index (χ1v) is 9.91. The summed E-state index contributed by atoms with van der Waals surface area (Å²) < 4.78 is 4.95. The molecule has 0 saturated carbocycles. The molecule has 160 valence electrons. The third kappa shape index (κ3) is 4.86. The number of rotatable bonds is 6. The molecule has 0 unspecified atom stereocenters. The van der Waals surface area contributed by atoms with Crippen molar-refractivity contribution in [3.8, 4) is 11.3 Å². The van der Waals surface area contributed by atoms with E-state index in [0.717, 1.165) is 0 Å². The molecule has 0 spiro atoms. The maximum atomic E-state index is 12.2. The number of carbonyl (C=O) groups excluding carboxylic acids is 1. The number of nitrogens with one attached hydrogen (secondary N) is 1. The van der Waals surface area contributed by atoms with Crippen LogP contribution in [0.25, 0.3) is 11.3 Å². The zero-order valence-electron chi connectivity index (χ0n) is 17.0. The fourth-order valence-corrected chi connectivity index (χ4v) is 3.52. The van der Waals surface area contributed by atoms with Crippen molar-refractivity contribution in [1.82, 2.24) is 15.0 Å². The summed E-state index contributed by atoms with van der Waals surface area (Å²) >= 11 is 0. The van der Waals surface area contributed by atoms with Crippen molar-refractivity contribution in [3.05, 3.63) is 64.4 Å². The summed E-state index contributed by atoms with van der Waals surface area (Å²) in [5.41, 5.74) is 1.04. The number of hydrogen-bond acceptors (Lipinski definition) is 8. The Kier molecular flexibility index (Phi) is 5.89. The van der Waals surface area contributed by atoms with E-state index in [-0.39, 0.29) is 18.1 Å². The molecule has 1 aliphatic heterocycles. The van der Waals surface area contributed by atoms with Crippen LogP contribution in [-0.2, 0) is 4.79 Å². The van der Waals surface area contributed by atoms with Gasteiger partial charge >= 0.3 is 0 Å². The van der Waals surface area contributed by atoms with Crippen molar-refractivity contribution in [2.24, 2.45) is 0 Å². The molecule has 0 bridgehead atoms. The lowest BCUT2D eigenvalue weighted by Gasteiger charge is -2.35. The molecule has 0 aliphatic carbocycles. The molecule has 4 rings (SSSR count). The van der Waals surface area contributed by atoms with Crippen molar-refractivity contribution < 1.29 is 14.2 Å². The fourth-order valence-electron chi connectivity index (χ4n) is 3.52. The van der Waals surface area contributed by atoms with Gasteiger partial charge in [0.25, 0.3) is 5.69 Å². The van der Waals surface area contributed by atoms with Gasteiger partial charge in [-0.2, -0.15) is 0 Å². The van der Waals surface area contributed by atoms with Crippen LogP contribution < -0.4 is 10.2 Å². The molecule has 10 heteroatoms. The highest BCUT2D eigenvalue weighted by atomic mass is 16.6. The van der Waals surface area contributed by atoms with Crippen LogP contribution in [0, 0.1) is 17.0 Å². The van der Waals surface area contributed by atoms with E-state index in [1.807, 2.05) is 35.2 Å². The summed E-state index contributed by atoms with van der Waals surface area (Å²) in [6, 6.07) is 14.0. The molecule has 1 aliphatic rings. The Morgan fingerprint density at radius 3 is 2.55 bits per heavy atom. The van der Waals surface area contributed by atoms with Gasteiger partial charge in [0, 0.05) is 43.9 Å². The first-order valence-electron chi connectivity index (χ1n) is 9.91. The number of nitro groups is 1. The summed E-state index contributed by atoms with van der Waals surface area (Å²) in [6.45, 7) is 4.68. The minimum atomic E-state index is -0.411. The predicted octanol–water partition coefficient (Wildman–Crippen LogP) is 2.71. The number of hydrogen-bond donors (Lipinski definition) is 1. The average Bonchev–Trinajstić information content (AvgIpc) is 3.18. The van der Waals surface area contributed by atoms with Crippen molar-refractivity contribution >= 4 is 23.2 Å². The monoisotopic (exact) mass is 422 g/mol. The normalized spacial score (nSPS) is 14.4. The first kappa shape index (κ1) is 20.5. The highest BCUT2D eigenvalue weighted by molar-refractivity contribution is 5.91. The highest BCUT2D eigenvalue weighted by Gasteiger charge is 2.23. The van der Waals surface area contributed by atoms with Crippen molar-refractivity contribution in [2.75, 3.05) is 42.9 Å². The minimum Gasteiger partial charge on any atom is -0.360 e. The van der Waals surface area contributed by atoms with E-state index in [2.05, 4.69) is 20.4 Å². The molecule has 1 fully saturated rings. The molecular weight excluding hydrogens is 400 g/mol. The number of benzene rings is 1. The van der Waals surface area contributed by atoms with E-state index in [9.17, 15) is 14.9 Å². The Morgan fingerprint density at radius 1 is 1.16 bits per heavy atom. The number of pyridine rings is 1. The minimum absolute atomic E-state index is 0.0200. The Labute approximate surface area is 178 Å². The molecule has 3 aromatic rings. The van der Waals surface area contributed by atoms with Crippen LogP contribution >= 0.6 is 0 Å². The van der Waals surface area contributed by atoms with Gasteiger partial charge in [0.1, 0.15) is 11.6 Å². The van der Waals surface area contributed by atoms with Gasteiger partial charge in [-0.15, -0.1) is 0 Å². The Bertz CT molecular complexity index is 1080. The number of carbonyl (C=O) groups is 1.